The number of rotatable bonds is 4. The van der Waals surface area contributed by atoms with E-state index >= 15 is 0 Å². The minimum absolute atomic E-state index is 0.0836. The number of carbonyl (C=O) groups is 1. The van der Waals surface area contributed by atoms with E-state index in [2.05, 4.69) is 10.3 Å². The molecule has 0 atom stereocenters. The molecule has 28 heavy (non-hydrogen) atoms. The second-order valence-electron chi connectivity index (χ2n) is 6.57. The molecule has 0 aliphatic carbocycles. The Morgan fingerprint density at radius 2 is 1.61 bits per heavy atom. The highest BCUT2D eigenvalue weighted by Crippen LogP contribution is 2.16. The van der Waals surface area contributed by atoms with Gasteiger partial charge in [-0.1, -0.05) is 42.5 Å². The fourth-order valence-corrected chi connectivity index (χ4v) is 3.23. The van der Waals surface area contributed by atoms with Crippen LogP contribution < -0.4 is 10.9 Å². The van der Waals surface area contributed by atoms with Crippen LogP contribution in [-0.4, -0.2) is 15.5 Å². The second kappa shape index (κ2) is 7.48. The smallest absolute Gasteiger partial charge is 0.265 e. The molecule has 1 N–H and O–H groups in total. The van der Waals surface area contributed by atoms with E-state index in [1.807, 2.05) is 67.6 Å². The monoisotopic (exact) mass is 369 g/mol. The second-order valence-corrected chi connectivity index (χ2v) is 6.57. The van der Waals surface area contributed by atoms with Gasteiger partial charge in [0, 0.05) is 5.69 Å². The van der Waals surface area contributed by atoms with Crippen molar-refractivity contribution in [1.82, 2.24) is 9.55 Å². The highest BCUT2D eigenvalue weighted by molar-refractivity contribution is 5.92. The summed E-state index contributed by atoms with van der Waals surface area (Å²) in [5.74, 6) is 0.532. The van der Waals surface area contributed by atoms with E-state index in [1.54, 1.807) is 22.8 Å². The van der Waals surface area contributed by atoms with Gasteiger partial charge in [-0.2, -0.15) is 0 Å². The lowest BCUT2D eigenvalue weighted by Gasteiger charge is -2.12. The Hall–Kier alpha value is -3.73. The molecule has 5 nitrogen and oxygen atoms in total. The van der Waals surface area contributed by atoms with Crippen LogP contribution in [0, 0.1) is 6.92 Å². The number of hydrogen-bond donors (Lipinski definition) is 1. The minimum Gasteiger partial charge on any atom is -0.326 e. The third kappa shape index (κ3) is 3.55. The van der Waals surface area contributed by atoms with Gasteiger partial charge in [0.1, 0.15) is 5.82 Å². The molecule has 0 saturated heterocycles. The Balaban J connectivity index is 1.58. The number of fused-ring (bicyclic) bond motifs is 1. The van der Waals surface area contributed by atoms with E-state index in [4.69, 9.17) is 0 Å². The lowest BCUT2D eigenvalue weighted by molar-refractivity contribution is -0.115. The summed E-state index contributed by atoms with van der Waals surface area (Å²) >= 11 is 0. The average Bonchev–Trinajstić information content (AvgIpc) is 2.70. The Morgan fingerprint density at radius 3 is 2.36 bits per heavy atom. The molecule has 0 unspecified atom stereocenters. The lowest BCUT2D eigenvalue weighted by Crippen LogP contribution is -2.22. The normalized spacial score (nSPS) is 10.8. The molecule has 0 saturated carbocycles. The van der Waals surface area contributed by atoms with Gasteiger partial charge in [-0.3, -0.25) is 14.2 Å². The Labute approximate surface area is 162 Å². The van der Waals surface area contributed by atoms with E-state index in [-0.39, 0.29) is 11.5 Å². The molecule has 0 radical (unpaired) electrons. The molecule has 0 aliphatic heterocycles. The molecule has 1 heterocycles. The molecule has 5 heteroatoms. The van der Waals surface area contributed by atoms with Gasteiger partial charge >= 0.3 is 0 Å². The van der Waals surface area contributed by atoms with Crippen LogP contribution in [0.5, 0.6) is 0 Å². The third-order valence-electron chi connectivity index (χ3n) is 4.56. The summed E-state index contributed by atoms with van der Waals surface area (Å²) in [6, 6.07) is 24.1. The maximum absolute atomic E-state index is 12.9. The van der Waals surface area contributed by atoms with Crippen LogP contribution in [0.25, 0.3) is 16.6 Å². The van der Waals surface area contributed by atoms with Crippen molar-refractivity contribution in [1.29, 1.82) is 0 Å². The van der Waals surface area contributed by atoms with Crippen LogP contribution in [0.2, 0.25) is 0 Å². The van der Waals surface area contributed by atoms with Crippen molar-refractivity contribution >= 4 is 22.5 Å². The molecule has 1 aromatic heterocycles. The van der Waals surface area contributed by atoms with Crippen molar-refractivity contribution in [3.63, 3.8) is 0 Å². The Morgan fingerprint density at radius 1 is 0.929 bits per heavy atom. The summed E-state index contributed by atoms with van der Waals surface area (Å²) in [5, 5.41) is 3.46. The quantitative estimate of drug-likeness (QED) is 0.594. The number of carbonyl (C=O) groups excluding carboxylic acids is 1. The van der Waals surface area contributed by atoms with E-state index in [0.717, 1.165) is 5.56 Å². The molecule has 3 aromatic carbocycles. The van der Waals surface area contributed by atoms with Gasteiger partial charge in [0.15, 0.2) is 0 Å². The van der Waals surface area contributed by atoms with E-state index < -0.39 is 0 Å². The summed E-state index contributed by atoms with van der Waals surface area (Å²) < 4.78 is 1.58. The van der Waals surface area contributed by atoms with Gasteiger partial charge in [-0.15, -0.1) is 0 Å². The van der Waals surface area contributed by atoms with Crippen LogP contribution in [0.1, 0.15) is 11.4 Å². The Bertz CT molecular complexity index is 1200. The number of aromatic nitrogens is 2. The van der Waals surface area contributed by atoms with Gasteiger partial charge < -0.3 is 5.32 Å². The highest BCUT2D eigenvalue weighted by atomic mass is 16.1. The van der Waals surface area contributed by atoms with Crippen molar-refractivity contribution in [2.75, 3.05) is 5.32 Å². The number of aryl methyl sites for hydroxylation is 1. The van der Waals surface area contributed by atoms with Crippen LogP contribution in [0.3, 0.4) is 0 Å². The van der Waals surface area contributed by atoms with Crippen LogP contribution in [-0.2, 0) is 11.2 Å². The standard InChI is InChI=1S/C23H19N3O2/c1-16-24-21-10-6-5-9-20(21)23(28)26(16)19-13-11-18(12-14-19)25-22(27)15-17-7-3-2-4-8-17/h2-14H,15H2,1H3,(H,25,27). The zero-order chi connectivity index (χ0) is 19.5. The number of nitrogens with zero attached hydrogens (tertiary/aromatic N) is 2. The Kier molecular flexibility index (Phi) is 4.72. The molecule has 0 aliphatic rings. The average molecular weight is 369 g/mol. The molecule has 0 fully saturated rings. The fraction of sp³-hybridized carbons (Fsp3) is 0.0870. The molecule has 4 aromatic rings. The first-order valence-electron chi connectivity index (χ1n) is 9.04. The van der Waals surface area contributed by atoms with Gasteiger partial charge in [-0.05, 0) is 48.9 Å². The summed E-state index contributed by atoms with van der Waals surface area (Å²) in [6.07, 6.45) is 0.315. The zero-order valence-electron chi connectivity index (χ0n) is 15.4. The summed E-state index contributed by atoms with van der Waals surface area (Å²) in [5.41, 5.74) is 2.93. The number of hydrogen-bond acceptors (Lipinski definition) is 3. The van der Waals surface area contributed by atoms with Gasteiger partial charge in [0.05, 0.1) is 23.0 Å². The largest absolute Gasteiger partial charge is 0.326 e. The lowest BCUT2D eigenvalue weighted by atomic mass is 10.1. The molecule has 0 bridgehead atoms. The molecule has 4 rings (SSSR count). The summed E-state index contributed by atoms with van der Waals surface area (Å²) in [6.45, 7) is 1.81. The molecule has 138 valence electrons. The third-order valence-corrected chi connectivity index (χ3v) is 4.56. The first kappa shape index (κ1) is 17.7. The topological polar surface area (TPSA) is 64.0 Å². The number of amides is 1. The highest BCUT2D eigenvalue weighted by Gasteiger charge is 2.10. The maximum Gasteiger partial charge on any atom is 0.265 e. The number of benzene rings is 3. The number of nitrogens with one attached hydrogen (secondary N) is 1. The first-order chi connectivity index (χ1) is 13.6. The number of para-hydroxylation sites is 1. The molecular formula is C23H19N3O2. The summed E-state index contributed by atoms with van der Waals surface area (Å²) in [7, 11) is 0. The van der Waals surface area contributed by atoms with Crippen molar-refractivity contribution in [3.05, 3.63) is 101 Å². The zero-order valence-corrected chi connectivity index (χ0v) is 15.4. The van der Waals surface area contributed by atoms with E-state index in [0.29, 0.717) is 34.5 Å². The van der Waals surface area contributed by atoms with E-state index in [9.17, 15) is 9.59 Å². The SMILES string of the molecule is Cc1nc2ccccc2c(=O)n1-c1ccc(NC(=O)Cc2ccccc2)cc1. The van der Waals surface area contributed by atoms with Gasteiger partial charge in [-0.25, -0.2) is 4.98 Å². The van der Waals surface area contributed by atoms with E-state index in [1.165, 1.54) is 0 Å². The van der Waals surface area contributed by atoms with Gasteiger partial charge in [0.2, 0.25) is 5.91 Å². The minimum atomic E-state index is -0.107. The van der Waals surface area contributed by atoms with Crippen molar-refractivity contribution in [2.45, 2.75) is 13.3 Å². The molecule has 0 spiro atoms. The first-order valence-corrected chi connectivity index (χ1v) is 9.04. The van der Waals surface area contributed by atoms with Crippen LogP contribution in [0.15, 0.2) is 83.7 Å². The predicted octanol–water partition coefficient (Wildman–Crippen LogP) is 3.88. The predicted molar refractivity (Wildman–Crippen MR) is 111 cm³/mol. The van der Waals surface area contributed by atoms with Crippen molar-refractivity contribution in [3.8, 4) is 5.69 Å². The van der Waals surface area contributed by atoms with Crippen LogP contribution in [0.4, 0.5) is 5.69 Å². The number of anilines is 1. The molecular weight excluding hydrogens is 350 g/mol. The molecule has 1 amide bonds. The summed E-state index contributed by atoms with van der Waals surface area (Å²) in [4.78, 5) is 29.6. The van der Waals surface area contributed by atoms with Crippen molar-refractivity contribution in [2.24, 2.45) is 0 Å². The van der Waals surface area contributed by atoms with Crippen LogP contribution >= 0.6 is 0 Å². The van der Waals surface area contributed by atoms with Crippen molar-refractivity contribution < 1.29 is 4.79 Å². The fourth-order valence-electron chi connectivity index (χ4n) is 3.23. The van der Waals surface area contributed by atoms with Gasteiger partial charge in [0.25, 0.3) is 5.56 Å². The maximum atomic E-state index is 12.9.